The summed E-state index contributed by atoms with van der Waals surface area (Å²) >= 11 is 0. The largest absolute Gasteiger partial charge is 0.308 e. The van der Waals surface area contributed by atoms with Crippen LogP contribution in [-0.4, -0.2) is 28.5 Å². The second-order valence-electron chi connectivity index (χ2n) is 7.06. The van der Waals surface area contributed by atoms with Crippen molar-refractivity contribution in [3.05, 3.63) is 29.6 Å². The molecule has 1 aromatic rings. The first-order valence-electron chi connectivity index (χ1n) is 7.87. The molecule has 112 valence electrons. The van der Waals surface area contributed by atoms with E-state index in [1.54, 1.807) is 0 Å². The van der Waals surface area contributed by atoms with E-state index in [1.165, 1.54) is 37.2 Å². The van der Waals surface area contributed by atoms with Crippen LogP contribution in [0.4, 0.5) is 0 Å². The highest BCUT2D eigenvalue weighted by Crippen LogP contribution is 2.20. The van der Waals surface area contributed by atoms with E-state index in [4.69, 9.17) is 0 Å². The zero-order chi connectivity index (χ0) is 14.6. The van der Waals surface area contributed by atoms with Gasteiger partial charge in [0.05, 0.1) is 5.69 Å². The fraction of sp³-hybridized carbons (Fsp3) is 0.706. The van der Waals surface area contributed by atoms with Gasteiger partial charge in [0.15, 0.2) is 0 Å². The highest BCUT2D eigenvalue weighted by Gasteiger charge is 2.20. The standard InChI is InChI=1S/C17H29N3/c1-5-14-8-9-20(12-14)13-16-7-6-15(10-18-16)11-19-17(2,3)4/h6-7,10,14,19H,5,8-9,11-13H2,1-4H3. The molecule has 3 nitrogen and oxygen atoms in total. The van der Waals surface area contributed by atoms with Crippen LogP contribution in [-0.2, 0) is 13.1 Å². The van der Waals surface area contributed by atoms with Crippen LogP contribution in [0.5, 0.6) is 0 Å². The maximum Gasteiger partial charge on any atom is 0.0544 e. The van der Waals surface area contributed by atoms with E-state index in [9.17, 15) is 0 Å². The number of pyridine rings is 1. The summed E-state index contributed by atoms with van der Waals surface area (Å²) in [4.78, 5) is 7.14. The van der Waals surface area contributed by atoms with Crippen LogP contribution in [0, 0.1) is 5.92 Å². The lowest BCUT2D eigenvalue weighted by molar-refractivity contribution is 0.311. The van der Waals surface area contributed by atoms with E-state index in [0.29, 0.717) is 0 Å². The molecule has 1 aliphatic heterocycles. The van der Waals surface area contributed by atoms with Crippen molar-refractivity contribution in [1.82, 2.24) is 15.2 Å². The average molecular weight is 275 g/mol. The van der Waals surface area contributed by atoms with Gasteiger partial charge >= 0.3 is 0 Å². The van der Waals surface area contributed by atoms with Crippen molar-refractivity contribution < 1.29 is 0 Å². The van der Waals surface area contributed by atoms with Crippen molar-refractivity contribution in [2.75, 3.05) is 13.1 Å². The van der Waals surface area contributed by atoms with Crippen LogP contribution in [0.25, 0.3) is 0 Å². The molecule has 2 rings (SSSR count). The van der Waals surface area contributed by atoms with Gasteiger partial charge in [0.25, 0.3) is 0 Å². The van der Waals surface area contributed by atoms with Gasteiger partial charge in [0, 0.05) is 31.4 Å². The third kappa shape index (κ3) is 4.88. The fourth-order valence-corrected chi connectivity index (χ4v) is 2.64. The topological polar surface area (TPSA) is 28.2 Å². The number of hydrogen-bond acceptors (Lipinski definition) is 3. The van der Waals surface area contributed by atoms with Gasteiger partial charge in [-0.15, -0.1) is 0 Å². The number of rotatable bonds is 5. The van der Waals surface area contributed by atoms with Crippen LogP contribution in [0.1, 0.15) is 51.8 Å². The molecule has 20 heavy (non-hydrogen) atoms. The summed E-state index contributed by atoms with van der Waals surface area (Å²) in [6.07, 6.45) is 4.67. The highest BCUT2D eigenvalue weighted by atomic mass is 15.1. The van der Waals surface area contributed by atoms with Crippen LogP contribution in [0.2, 0.25) is 0 Å². The van der Waals surface area contributed by atoms with Gasteiger partial charge in [0.1, 0.15) is 0 Å². The van der Waals surface area contributed by atoms with Crippen molar-refractivity contribution in [2.24, 2.45) is 5.92 Å². The molecule has 2 heterocycles. The summed E-state index contributed by atoms with van der Waals surface area (Å²) in [5.41, 5.74) is 2.61. The second-order valence-corrected chi connectivity index (χ2v) is 7.06. The van der Waals surface area contributed by atoms with Gasteiger partial charge in [-0.25, -0.2) is 0 Å². The molecular weight excluding hydrogens is 246 g/mol. The number of nitrogens with zero attached hydrogens (tertiary/aromatic N) is 2. The highest BCUT2D eigenvalue weighted by molar-refractivity contribution is 5.14. The summed E-state index contributed by atoms with van der Waals surface area (Å²) < 4.78 is 0. The van der Waals surface area contributed by atoms with Gasteiger partial charge in [-0.3, -0.25) is 9.88 Å². The fourth-order valence-electron chi connectivity index (χ4n) is 2.64. The number of likely N-dealkylation sites (tertiary alicyclic amines) is 1. The third-order valence-corrected chi connectivity index (χ3v) is 4.04. The Hall–Kier alpha value is -0.930. The molecule has 1 saturated heterocycles. The predicted octanol–water partition coefficient (Wildman–Crippen LogP) is 3.20. The molecule has 0 amide bonds. The van der Waals surface area contributed by atoms with Crippen LogP contribution in [0.3, 0.4) is 0 Å². The van der Waals surface area contributed by atoms with E-state index in [1.807, 2.05) is 6.20 Å². The minimum atomic E-state index is 0.156. The third-order valence-electron chi connectivity index (χ3n) is 4.04. The van der Waals surface area contributed by atoms with Gasteiger partial charge in [-0.05, 0) is 51.3 Å². The maximum atomic E-state index is 4.61. The summed E-state index contributed by atoms with van der Waals surface area (Å²) in [5, 5.41) is 3.49. The van der Waals surface area contributed by atoms with E-state index in [-0.39, 0.29) is 5.54 Å². The summed E-state index contributed by atoms with van der Waals surface area (Å²) in [7, 11) is 0. The lowest BCUT2D eigenvalue weighted by Gasteiger charge is -2.20. The zero-order valence-corrected chi connectivity index (χ0v) is 13.4. The van der Waals surface area contributed by atoms with Crippen LogP contribution < -0.4 is 5.32 Å². The lowest BCUT2D eigenvalue weighted by atomic mass is 10.1. The number of nitrogens with one attached hydrogen (secondary N) is 1. The lowest BCUT2D eigenvalue weighted by Crippen LogP contribution is -2.35. The molecule has 0 saturated carbocycles. The second kappa shape index (κ2) is 6.68. The summed E-state index contributed by atoms with van der Waals surface area (Å²) in [6.45, 7) is 13.2. The molecule has 1 aliphatic rings. The Kier molecular flexibility index (Phi) is 5.17. The maximum absolute atomic E-state index is 4.61. The molecular formula is C17H29N3. The quantitative estimate of drug-likeness (QED) is 0.894. The Balaban J connectivity index is 1.83. The van der Waals surface area contributed by atoms with Crippen molar-refractivity contribution in [2.45, 2.75) is 59.2 Å². The summed E-state index contributed by atoms with van der Waals surface area (Å²) in [6, 6.07) is 4.38. The Labute approximate surface area is 123 Å². The Bertz CT molecular complexity index is 405. The molecule has 3 heteroatoms. The molecule has 0 radical (unpaired) electrons. The van der Waals surface area contributed by atoms with Crippen molar-refractivity contribution in [1.29, 1.82) is 0 Å². The SMILES string of the molecule is CCC1CCN(Cc2ccc(CNC(C)(C)C)cn2)C1. The van der Waals surface area contributed by atoms with Crippen molar-refractivity contribution in [3.8, 4) is 0 Å². The first kappa shape index (κ1) is 15.5. The molecule has 1 N–H and O–H groups in total. The van der Waals surface area contributed by atoms with Crippen LogP contribution in [0.15, 0.2) is 18.3 Å². The Morgan fingerprint density at radius 1 is 1.35 bits per heavy atom. The normalized spacial score (nSPS) is 20.5. The molecule has 1 fully saturated rings. The molecule has 1 unspecified atom stereocenters. The predicted molar refractivity (Wildman–Crippen MR) is 84.5 cm³/mol. The van der Waals surface area contributed by atoms with E-state index < -0.39 is 0 Å². The number of aromatic nitrogens is 1. The molecule has 0 bridgehead atoms. The van der Waals surface area contributed by atoms with Crippen molar-refractivity contribution >= 4 is 0 Å². The smallest absolute Gasteiger partial charge is 0.0544 e. The van der Waals surface area contributed by atoms with Gasteiger partial charge in [-0.1, -0.05) is 19.4 Å². The van der Waals surface area contributed by atoms with E-state index >= 15 is 0 Å². The van der Waals surface area contributed by atoms with E-state index in [0.717, 1.165) is 19.0 Å². The van der Waals surface area contributed by atoms with Crippen LogP contribution >= 0.6 is 0 Å². The Morgan fingerprint density at radius 2 is 2.15 bits per heavy atom. The molecule has 1 atom stereocenters. The summed E-state index contributed by atoms with van der Waals surface area (Å²) in [5.74, 6) is 0.894. The molecule has 1 aromatic heterocycles. The minimum absolute atomic E-state index is 0.156. The van der Waals surface area contributed by atoms with Crippen molar-refractivity contribution in [3.63, 3.8) is 0 Å². The molecule has 0 spiro atoms. The number of hydrogen-bond donors (Lipinski definition) is 1. The van der Waals surface area contributed by atoms with E-state index in [2.05, 4.69) is 55.0 Å². The average Bonchev–Trinajstić information content (AvgIpc) is 2.85. The van der Waals surface area contributed by atoms with Gasteiger partial charge < -0.3 is 5.32 Å². The molecule has 0 aromatic carbocycles. The Morgan fingerprint density at radius 3 is 2.70 bits per heavy atom. The molecule has 0 aliphatic carbocycles. The monoisotopic (exact) mass is 275 g/mol. The van der Waals surface area contributed by atoms with Gasteiger partial charge in [-0.2, -0.15) is 0 Å². The first-order chi connectivity index (χ1) is 9.46. The zero-order valence-electron chi connectivity index (χ0n) is 13.4. The minimum Gasteiger partial charge on any atom is -0.308 e. The first-order valence-corrected chi connectivity index (χ1v) is 7.87. The van der Waals surface area contributed by atoms with Gasteiger partial charge in [0.2, 0.25) is 0 Å².